The smallest absolute Gasteiger partial charge is 0.00131 e. The fourth-order valence-electron chi connectivity index (χ4n) is 4.11. The van der Waals surface area contributed by atoms with Crippen molar-refractivity contribution in [2.24, 2.45) is 34.8 Å². The highest BCUT2D eigenvalue weighted by Gasteiger charge is 2.69. The van der Waals surface area contributed by atoms with Crippen LogP contribution in [0, 0.1) is 29.1 Å². The molecule has 0 aliphatic heterocycles. The van der Waals surface area contributed by atoms with E-state index in [1.165, 1.54) is 25.7 Å². The predicted molar refractivity (Wildman–Crippen MR) is 58.5 cm³/mol. The summed E-state index contributed by atoms with van der Waals surface area (Å²) in [6.07, 6.45) is 6.97. The minimum Gasteiger partial charge on any atom is -0.402 e. The van der Waals surface area contributed by atoms with Crippen LogP contribution in [0.2, 0.25) is 0 Å². The highest BCUT2D eigenvalue weighted by molar-refractivity contribution is 5.21. The molecule has 78 valence electrons. The van der Waals surface area contributed by atoms with E-state index in [2.05, 4.69) is 13.5 Å². The van der Waals surface area contributed by atoms with E-state index in [1.54, 1.807) is 0 Å². The van der Waals surface area contributed by atoms with E-state index in [9.17, 15) is 0 Å². The van der Waals surface area contributed by atoms with Crippen molar-refractivity contribution in [2.45, 2.75) is 39.0 Å². The minimum atomic E-state index is 0.664. The molecule has 1 heteroatoms. The third-order valence-electron chi connectivity index (χ3n) is 5.04. The van der Waals surface area contributed by atoms with Crippen LogP contribution in [0.15, 0.2) is 12.3 Å². The molecule has 3 saturated carbocycles. The molecule has 0 aromatic carbocycles. The van der Waals surface area contributed by atoms with Crippen molar-refractivity contribution >= 4 is 0 Å². The van der Waals surface area contributed by atoms with Crippen molar-refractivity contribution < 1.29 is 0 Å². The Morgan fingerprint density at radius 2 is 2.21 bits per heavy atom. The largest absolute Gasteiger partial charge is 0.402 e. The lowest BCUT2D eigenvalue weighted by Gasteiger charge is -2.35. The lowest BCUT2D eigenvalue weighted by Crippen LogP contribution is -2.29. The van der Waals surface area contributed by atoms with Crippen molar-refractivity contribution in [1.82, 2.24) is 0 Å². The fraction of sp³-hybridized carbons (Fsp3) is 0.846. The number of nitrogens with two attached hydrogens (primary N) is 1. The summed E-state index contributed by atoms with van der Waals surface area (Å²) in [5.74, 6) is 4.31. The first kappa shape index (κ1) is 8.82. The average molecular weight is 191 g/mol. The van der Waals surface area contributed by atoms with Gasteiger partial charge >= 0.3 is 0 Å². The van der Waals surface area contributed by atoms with Crippen LogP contribution in [-0.2, 0) is 0 Å². The first-order valence-electron chi connectivity index (χ1n) is 6.09. The van der Waals surface area contributed by atoms with Gasteiger partial charge in [-0.3, -0.25) is 0 Å². The molecule has 14 heavy (non-hydrogen) atoms. The minimum absolute atomic E-state index is 0.664. The van der Waals surface area contributed by atoms with E-state index in [0.717, 1.165) is 35.8 Å². The molecule has 0 spiro atoms. The van der Waals surface area contributed by atoms with Gasteiger partial charge in [0.2, 0.25) is 0 Å². The van der Waals surface area contributed by atoms with E-state index in [1.807, 2.05) is 0 Å². The Labute approximate surface area is 86.8 Å². The van der Waals surface area contributed by atoms with Gasteiger partial charge in [0.15, 0.2) is 0 Å². The number of hydrogen-bond donors (Lipinski definition) is 1. The zero-order chi connectivity index (χ0) is 9.92. The topological polar surface area (TPSA) is 26.0 Å². The highest BCUT2D eigenvalue weighted by atomic mass is 14.8. The van der Waals surface area contributed by atoms with Gasteiger partial charge in [-0.25, -0.2) is 0 Å². The van der Waals surface area contributed by atoms with Gasteiger partial charge in [0.25, 0.3) is 0 Å². The molecule has 0 aromatic rings. The lowest BCUT2D eigenvalue weighted by atomic mass is 9.70. The van der Waals surface area contributed by atoms with Crippen LogP contribution < -0.4 is 5.73 Å². The molecule has 0 heterocycles. The van der Waals surface area contributed by atoms with Crippen molar-refractivity contribution in [1.29, 1.82) is 0 Å². The van der Waals surface area contributed by atoms with Crippen LogP contribution in [0.1, 0.15) is 39.0 Å². The summed E-state index contributed by atoms with van der Waals surface area (Å²) in [5.41, 5.74) is 7.29. The Morgan fingerprint density at radius 3 is 2.71 bits per heavy atom. The maximum Gasteiger partial charge on any atom is 0.00131 e. The quantitative estimate of drug-likeness (QED) is 0.726. The van der Waals surface area contributed by atoms with Crippen molar-refractivity contribution in [3.63, 3.8) is 0 Å². The zero-order valence-corrected chi connectivity index (χ0v) is 9.13. The third kappa shape index (κ3) is 1.07. The van der Waals surface area contributed by atoms with E-state index in [0.29, 0.717) is 5.41 Å². The second-order valence-electron chi connectivity index (χ2n) is 5.94. The van der Waals surface area contributed by atoms with Gasteiger partial charge in [-0.15, -0.1) is 0 Å². The molecular formula is C13H21N. The van der Waals surface area contributed by atoms with Crippen LogP contribution in [0.25, 0.3) is 0 Å². The second kappa shape index (κ2) is 2.56. The molecular weight excluding hydrogens is 170 g/mol. The number of allylic oxidation sites excluding steroid dienone is 1. The molecule has 3 aliphatic carbocycles. The Morgan fingerprint density at radius 1 is 1.43 bits per heavy atom. The fourth-order valence-corrected chi connectivity index (χ4v) is 4.11. The van der Waals surface area contributed by atoms with Crippen LogP contribution in [-0.4, -0.2) is 0 Å². The summed E-state index contributed by atoms with van der Waals surface area (Å²) in [5, 5.41) is 0. The van der Waals surface area contributed by atoms with Crippen LogP contribution >= 0.6 is 0 Å². The zero-order valence-electron chi connectivity index (χ0n) is 9.13. The summed E-state index contributed by atoms with van der Waals surface area (Å²) in [6.45, 7) is 6.18. The van der Waals surface area contributed by atoms with Crippen molar-refractivity contribution in [2.75, 3.05) is 0 Å². The molecule has 5 unspecified atom stereocenters. The van der Waals surface area contributed by atoms with Gasteiger partial charge in [-0.1, -0.05) is 19.9 Å². The molecule has 3 rings (SSSR count). The normalized spacial score (nSPS) is 53.2. The Hall–Kier alpha value is -0.460. The molecule has 0 radical (unpaired) electrons. The van der Waals surface area contributed by atoms with Crippen molar-refractivity contribution in [3.05, 3.63) is 12.3 Å². The number of hydrogen-bond acceptors (Lipinski definition) is 1. The van der Waals surface area contributed by atoms with Gasteiger partial charge in [0, 0.05) is 5.70 Å². The Bertz CT molecular complexity index is 283. The number of rotatable bonds is 4. The Kier molecular flexibility index (Phi) is 1.61. The Balaban J connectivity index is 1.54. The van der Waals surface area contributed by atoms with Crippen LogP contribution in [0.4, 0.5) is 0 Å². The molecule has 3 fully saturated rings. The SMILES string of the molecule is C=C(N)CC12CC(C3CC3CC)C1C2. The average Bonchev–Trinajstić information content (AvgIpc) is 2.96. The molecule has 2 N–H and O–H groups in total. The molecule has 0 bridgehead atoms. The van der Waals surface area contributed by atoms with E-state index in [4.69, 9.17) is 5.73 Å². The lowest BCUT2D eigenvalue weighted by molar-refractivity contribution is 0.147. The summed E-state index contributed by atoms with van der Waals surface area (Å²) < 4.78 is 0. The maximum absolute atomic E-state index is 5.71. The standard InChI is InChI=1S/C13H21N/c1-3-9-4-10(9)11-6-13(5-8(2)14)7-12(11)13/h9-12H,2-7,14H2,1H3. The van der Waals surface area contributed by atoms with Crippen LogP contribution in [0.3, 0.4) is 0 Å². The van der Waals surface area contributed by atoms with Gasteiger partial charge < -0.3 is 5.73 Å². The predicted octanol–water partition coefficient (Wildman–Crippen LogP) is 2.92. The number of fused-ring (bicyclic) bond motifs is 1. The summed E-state index contributed by atoms with van der Waals surface area (Å²) >= 11 is 0. The second-order valence-corrected chi connectivity index (χ2v) is 5.94. The molecule has 0 saturated heterocycles. The van der Waals surface area contributed by atoms with E-state index in [-0.39, 0.29) is 0 Å². The van der Waals surface area contributed by atoms with Gasteiger partial charge in [0.1, 0.15) is 0 Å². The highest BCUT2D eigenvalue weighted by Crippen LogP contribution is 2.77. The maximum atomic E-state index is 5.71. The van der Waals surface area contributed by atoms with Crippen molar-refractivity contribution in [3.8, 4) is 0 Å². The summed E-state index contributed by atoms with van der Waals surface area (Å²) in [4.78, 5) is 0. The monoisotopic (exact) mass is 191 g/mol. The molecule has 5 atom stereocenters. The van der Waals surface area contributed by atoms with Gasteiger partial charge in [-0.05, 0) is 54.8 Å². The third-order valence-corrected chi connectivity index (χ3v) is 5.04. The molecule has 0 aromatic heterocycles. The summed E-state index contributed by atoms with van der Waals surface area (Å²) in [7, 11) is 0. The van der Waals surface area contributed by atoms with Gasteiger partial charge in [0.05, 0.1) is 0 Å². The van der Waals surface area contributed by atoms with Gasteiger partial charge in [-0.2, -0.15) is 0 Å². The van der Waals surface area contributed by atoms with Crippen LogP contribution in [0.5, 0.6) is 0 Å². The first-order valence-corrected chi connectivity index (χ1v) is 6.09. The first-order chi connectivity index (χ1) is 6.66. The molecule has 0 amide bonds. The van der Waals surface area contributed by atoms with E-state index >= 15 is 0 Å². The molecule has 1 nitrogen and oxygen atoms in total. The molecule has 3 aliphatic rings. The summed E-state index contributed by atoms with van der Waals surface area (Å²) in [6, 6.07) is 0. The van der Waals surface area contributed by atoms with E-state index < -0.39 is 0 Å².